The van der Waals surface area contributed by atoms with E-state index in [1.54, 1.807) is 0 Å². The van der Waals surface area contributed by atoms with Gasteiger partial charge >= 0.3 is 0 Å². The van der Waals surface area contributed by atoms with Crippen LogP contribution in [0.2, 0.25) is 0 Å². The van der Waals surface area contributed by atoms with E-state index < -0.39 is 0 Å². The zero-order valence-corrected chi connectivity index (χ0v) is 10.6. The highest BCUT2D eigenvalue weighted by Crippen LogP contribution is 2.27. The van der Waals surface area contributed by atoms with E-state index in [1.807, 2.05) is 0 Å². The fourth-order valence-corrected chi connectivity index (χ4v) is 2.36. The number of hydrogen-bond donors (Lipinski definition) is 1. The number of hydrogen-bond acceptors (Lipinski definition) is 2. The molecule has 1 unspecified atom stereocenters. The number of rotatable bonds is 2. The highest BCUT2D eigenvalue weighted by atomic mass is 15.2. The van der Waals surface area contributed by atoms with Gasteiger partial charge in [-0.25, -0.2) is 0 Å². The molecule has 1 aromatic carbocycles. The SMILES string of the molecule is CCN1CC(C)(CC)NCc2ccccc21. The Morgan fingerprint density at radius 2 is 2.06 bits per heavy atom. The van der Waals surface area contributed by atoms with Gasteiger partial charge in [-0.3, -0.25) is 0 Å². The van der Waals surface area contributed by atoms with Gasteiger partial charge < -0.3 is 10.2 Å². The molecule has 88 valence electrons. The minimum atomic E-state index is 0.231. The molecule has 2 rings (SSSR count). The summed E-state index contributed by atoms with van der Waals surface area (Å²) >= 11 is 0. The molecule has 1 N–H and O–H groups in total. The maximum Gasteiger partial charge on any atom is 0.0412 e. The van der Waals surface area contributed by atoms with Crippen molar-refractivity contribution in [1.82, 2.24) is 5.32 Å². The highest BCUT2D eigenvalue weighted by molar-refractivity contribution is 5.54. The summed E-state index contributed by atoms with van der Waals surface area (Å²) in [5.74, 6) is 0. The maximum atomic E-state index is 3.69. The van der Waals surface area contributed by atoms with Crippen molar-refractivity contribution < 1.29 is 0 Å². The molecule has 0 spiro atoms. The Bertz CT molecular complexity index is 362. The molecule has 1 atom stereocenters. The number of anilines is 1. The fourth-order valence-electron chi connectivity index (χ4n) is 2.36. The molecule has 1 aliphatic rings. The van der Waals surface area contributed by atoms with Gasteiger partial charge in [0.25, 0.3) is 0 Å². The van der Waals surface area contributed by atoms with Gasteiger partial charge in [0.05, 0.1) is 0 Å². The molecule has 1 heterocycles. The molecule has 0 aromatic heterocycles. The Morgan fingerprint density at radius 1 is 1.31 bits per heavy atom. The van der Waals surface area contributed by atoms with Gasteiger partial charge in [0.15, 0.2) is 0 Å². The van der Waals surface area contributed by atoms with Crippen LogP contribution in [-0.2, 0) is 6.54 Å². The average molecular weight is 218 g/mol. The zero-order chi connectivity index (χ0) is 11.6. The minimum Gasteiger partial charge on any atom is -0.370 e. The van der Waals surface area contributed by atoms with Gasteiger partial charge in [-0.05, 0) is 31.9 Å². The monoisotopic (exact) mass is 218 g/mol. The van der Waals surface area contributed by atoms with Crippen molar-refractivity contribution in [2.24, 2.45) is 0 Å². The molecule has 2 nitrogen and oxygen atoms in total. The molecular weight excluding hydrogens is 196 g/mol. The van der Waals surface area contributed by atoms with E-state index in [9.17, 15) is 0 Å². The molecule has 1 aromatic rings. The Balaban J connectivity index is 2.34. The first kappa shape index (κ1) is 11.5. The first-order chi connectivity index (χ1) is 7.68. The molecule has 1 aliphatic heterocycles. The molecule has 2 heteroatoms. The lowest BCUT2D eigenvalue weighted by Gasteiger charge is -2.33. The average Bonchev–Trinajstić information content (AvgIpc) is 2.48. The van der Waals surface area contributed by atoms with Crippen LogP contribution < -0.4 is 10.2 Å². The standard InChI is InChI=1S/C14H22N2/c1-4-14(3)11-16(5-2)13-9-7-6-8-12(13)10-15-14/h6-9,15H,4-5,10-11H2,1-3H3. The first-order valence-corrected chi connectivity index (χ1v) is 6.26. The van der Waals surface area contributed by atoms with Gasteiger partial charge in [-0.15, -0.1) is 0 Å². The number of nitrogens with one attached hydrogen (secondary N) is 1. The molecular formula is C14H22N2. The van der Waals surface area contributed by atoms with Crippen molar-refractivity contribution in [3.05, 3.63) is 29.8 Å². The number of likely N-dealkylation sites (N-methyl/N-ethyl adjacent to an activating group) is 1. The maximum absolute atomic E-state index is 3.69. The lowest BCUT2D eigenvalue weighted by Crippen LogP contribution is -2.48. The van der Waals surface area contributed by atoms with Gasteiger partial charge in [-0.2, -0.15) is 0 Å². The van der Waals surface area contributed by atoms with E-state index in [-0.39, 0.29) is 5.54 Å². The third-order valence-corrected chi connectivity index (χ3v) is 3.74. The predicted octanol–water partition coefficient (Wildman–Crippen LogP) is 2.78. The summed E-state index contributed by atoms with van der Waals surface area (Å²) in [6.07, 6.45) is 1.16. The number of fused-ring (bicyclic) bond motifs is 1. The summed E-state index contributed by atoms with van der Waals surface area (Å²) in [5, 5.41) is 3.69. The van der Waals surface area contributed by atoms with Crippen LogP contribution in [-0.4, -0.2) is 18.6 Å². The molecule has 0 radical (unpaired) electrons. The van der Waals surface area contributed by atoms with Crippen LogP contribution in [0, 0.1) is 0 Å². The first-order valence-electron chi connectivity index (χ1n) is 6.26. The Hall–Kier alpha value is -1.02. The van der Waals surface area contributed by atoms with Crippen LogP contribution in [0.4, 0.5) is 5.69 Å². The van der Waals surface area contributed by atoms with Crippen molar-refractivity contribution in [3.63, 3.8) is 0 Å². The summed E-state index contributed by atoms with van der Waals surface area (Å²) in [7, 11) is 0. The Kier molecular flexibility index (Phi) is 3.20. The van der Waals surface area contributed by atoms with E-state index in [2.05, 4.69) is 55.3 Å². The third kappa shape index (κ3) is 2.07. The summed E-state index contributed by atoms with van der Waals surface area (Å²) in [6, 6.07) is 8.73. The fraction of sp³-hybridized carbons (Fsp3) is 0.571. The largest absolute Gasteiger partial charge is 0.370 e. The van der Waals surface area contributed by atoms with Crippen LogP contribution in [0.5, 0.6) is 0 Å². The smallest absolute Gasteiger partial charge is 0.0412 e. The van der Waals surface area contributed by atoms with Gasteiger partial charge in [-0.1, -0.05) is 25.1 Å². The van der Waals surface area contributed by atoms with Crippen LogP contribution in [0.15, 0.2) is 24.3 Å². The molecule has 0 fully saturated rings. The van der Waals surface area contributed by atoms with Crippen LogP contribution in [0.25, 0.3) is 0 Å². The normalized spacial score (nSPS) is 25.1. The second kappa shape index (κ2) is 4.46. The molecule has 0 aliphatic carbocycles. The summed E-state index contributed by atoms with van der Waals surface area (Å²) < 4.78 is 0. The molecule has 0 bridgehead atoms. The second-order valence-electron chi connectivity index (χ2n) is 4.91. The molecule has 16 heavy (non-hydrogen) atoms. The Labute approximate surface area is 98.7 Å². The van der Waals surface area contributed by atoms with Crippen LogP contribution in [0.1, 0.15) is 32.8 Å². The molecule has 0 saturated heterocycles. The van der Waals surface area contributed by atoms with Gasteiger partial charge in [0, 0.05) is 30.9 Å². The van der Waals surface area contributed by atoms with Crippen molar-refractivity contribution in [3.8, 4) is 0 Å². The van der Waals surface area contributed by atoms with Crippen molar-refractivity contribution in [2.45, 2.75) is 39.3 Å². The summed E-state index contributed by atoms with van der Waals surface area (Å²) in [5.41, 5.74) is 3.05. The summed E-state index contributed by atoms with van der Waals surface area (Å²) in [4.78, 5) is 2.48. The lowest BCUT2D eigenvalue weighted by molar-refractivity contribution is 0.350. The van der Waals surface area contributed by atoms with Gasteiger partial charge in [0.1, 0.15) is 0 Å². The third-order valence-electron chi connectivity index (χ3n) is 3.74. The van der Waals surface area contributed by atoms with E-state index in [0.29, 0.717) is 0 Å². The number of para-hydroxylation sites is 1. The van der Waals surface area contributed by atoms with Gasteiger partial charge in [0.2, 0.25) is 0 Å². The predicted molar refractivity (Wildman–Crippen MR) is 69.9 cm³/mol. The highest BCUT2D eigenvalue weighted by Gasteiger charge is 2.28. The van der Waals surface area contributed by atoms with Crippen molar-refractivity contribution >= 4 is 5.69 Å². The quantitative estimate of drug-likeness (QED) is 0.821. The van der Waals surface area contributed by atoms with Crippen molar-refractivity contribution in [2.75, 3.05) is 18.0 Å². The van der Waals surface area contributed by atoms with E-state index in [1.165, 1.54) is 11.3 Å². The Morgan fingerprint density at radius 3 is 2.75 bits per heavy atom. The molecule has 0 amide bonds. The number of benzene rings is 1. The second-order valence-corrected chi connectivity index (χ2v) is 4.91. The van der Waals surface area contributed by atoms with Crippen LogP contribution in [0.3, 0.4) is 0 Å². The lowest BCUT2D eigenvalue weighted by atomic mass is 9.98. The van der Waals surface area contributed by atoms with E-state index >= 15 is 0 Å². The number of nitrogens with zero attached hydrogens (tertiary/aromatic N) is 1. The molecule has 0 saturated carbocycles. The van der Waals surface area contributed by atoms with E-state index in [4.69, 9.17) is 0 Å². The van der Waals surface area contributed by atoms with Crippen molar-refractivity contribution in [1.29, 1.82) is 0 Å². The van der Waals surface area contributed by atoms with Crippen LogP contribution >= 0.6 is 0 Å². The summed E-state index contributed by atoms with van der Waals surface area (Å²) in [6.45, 7) is 9.97. The van der Waals surface area contributed by atoms with E-state index in [0.717, 1.165) is 26.1 Å². The minimum absolute atomic E-state index is 0.231. The zero-order valence-electron chi connectivity index (χ0n) is 10.6. The topological polar surface area (TPSA) is 15.3 Å².